The minimum atomic E-state index is -0.159. The zero-order chi connectivity index (χ0) is 29.5. The lowest BCUT2D eigenvalue weighted by atomic mass is 9.81. The molecule has 3 heteroatoms. The Morgan fingerprint density at radius 2 is 1.49 bits per heavy atom. The Kier molecular flexibility index (Phi) is 10.3. The highest BCUT2D eigenvalue weighted by molar-refractivity contribution is 6.03. The molecule has 2 aliphatic heterocycles. The highest BCUT2D eigenvalue weighted by atomic mass is 15.2. The Bertz CT molecular complexity index is 1330. The molecule has 0 aliphatic carbocycles. The number of para-hydroxylation sites is 1. The van der Waals surface area contributed by atoms with Crippen LogP contribution in [0.15, 0.2) is 66.4 Å². The van der Waals surface area contributed by atoms with E-state index in [0.29, 0.717) is 0 Å². The molecular weight excluding hydrogens is 498 g/mol. The lowest BCUT2D eigenvalue weighted by Crippen LogP contribution is -2.28. The Balaban J connectivity index is 1.66. The highest BCUT2D eigenvalue weighted by Crippen LogP contribution is 2.48. The number of hydrogen-bond donors (Lipinski definition) is 0. The predicted molar refractivity (Wildman–Crippen MR) is 176 cm³/mol. The van der Waals surface area contributed by atoms with E-state index in [1.165, 1.54) is 98.1 Å². The van der Waals surface area contributed by atoms with Crippen molar-refractivity contribution in [3.05, 3.63) is 83.1 Å². The summed E-state index contributed by atoms with van der Waals surface area (Å²) in [7, 11) is 0. The van der Waals surface area contributed by atoms with Gasteiger partial charge in [-0.2, -0.15) is 9.84 Å². The van der Waals surface area contributed by atoms with Crippen LogP contribution in [0.25, 0.3) is 0 Å². The highest BCUT2D eigenvalue weighted by Gasteiger charge is 2.44. The molecule has 41 heavy (non-hydrogen) atoms. The van der Waals surface area contributed by atoms with Gasteiger partial charge in [0.15, 0.2) is 5.71 Å². The number of fused-ring (bicyclic) bond motifs is 2. The molecule has 4 rings (SSSR count). The molecule has 0 fully saturated rings. The van der Waals surface area contributed by atoms with Gasteiger partial charge in [0.25, 0.3) is 0 Å². The molecule has 0 saturated carbocycles. The van der Waals surface area contributed by atoms with Crippen molar-refractivity contribution in [2.24, 2.45) is 0 Å². The van der Waals surface area contributed by atoms with Gasteiger partial charge in [-0.3, -0.25) is 0 Å². The molecule has 0 atom stereocenters. The Labute approximate surface area is 250 Å². The van der Waals surface area contributed by atoms with E-state index in [9.17, 15) is 5.26 Å². The molecule has 2 aromatic rings. The van der Waals surface area contributed by atoms with Crippen LogP contribution in [0.4, 0.5) is 11.4 Å². The van der Waals surface area contributed by atoms with Gasteiger partial charge in [0.1, 0.15) is 6.54 Å². The third kappa shape index (κ3) is 6.53. The summed E-state index contributed by atoms with van der Waals surface area (Å²) >= 11 is 0. The van der Waals surface area contributed by atoms with Gasteiger partial charge < -0.3 is 4.90 Å². The standard InChI is InChI=1S/C38H52N3/c1-7-9-11-13-17-26-40-33-21-16-15-20-31(33)37(3,4)35(40)22-19-23-36-38(5,6)32-28-30(29-39)24-25-34(32)41(36)27-18-14-12-10-8-2/h15-16,19-25,28H,7-14,17-18,26-27H2,1-6H3/q+1. The van der Waals surface area contributed by atoms with Crippen molar-refractivity contribution in [2.75, 3.05) is 18.0 Å². The number of nitriles is 1. The summed E-state index contributed by atoms with van der Waals surface area (Å²) in [6.07, 6.45) is 19.8. The van der Waals surface area contributed by atoms with Gasteiger partial charge in [-0.05, 0) is 56.5 Å². The van der Waals surface area contributed by atoms with Gasteiger partial charge in [-0.25, -0.2) is 0 Å². The van der Waals surface area contributed by atoms with Crippen LogP contribution in [-0.4, -0.2) is 23.4 Å². The van der Waals surface area contributed by atoms with Crippen LogP contribution in [0.5, 0.6) is 0 Å². The summed E-state index contributed by atoms with van der Waals surface area (Å²) in [5.74, 6) is 0. The van der Waals surface area contributed by atoms with E-state index in [4.69, 9.17) is 0 Å². The Morgan fingerprint density at radius 3 is 2.20 bits per heavy atom. The van der Waals surface area contributed by atoms with E-state index >= 15 is 0 Å². The smallest absolute Gasteiger partial charge is 0.209 e. The number of anilines is 1. The van der Waals surface area contributed by atoms with E-state index in [1.54, 1.807) is 0 Å². The summed E-state index contributed by atoms with van der Waals surface area (Å²) in [5, 5.41) is 9.61. The second-order valence-electron chi connectivity index (χ2n) is 13.0. The largest absolute Gasteiger partial charge is 0.344 e. The number of rotatable bonds is 14. The van der Waals surface area contributed by atoms with Crippen LogP contribution < -0.4 is 4.90 Å². The number of benzene rings is 2. The maximum Gasteiger partial charge on any atom is 0.209 e. The quantitative estimate of drug-likeness (QED) is 0.173. The zero-order valence-corrected chi connectivity index (χ0v) is 26.6. The monoisotopic (exact) mass is 550 g/mol. The van der Waals surface area contributed by atoms with Crippen LogP contribution in [-0.2, 0) is 10.8 Å². The van der Waals surface area contributed by atoms with E-state index < -0.39 is 0 Å². The number of allylic oxidation sites excluding steroid dienone is 4. The third-order valence-corrected chi connectivity index (χ3v) is 9.30. The van der Waals surface area contributed by atoms with Gasteiger partial charge in [-0.1, -0.05) is 96.9 Å². The fourth-order valence-electron chi connectivity index (χ4n) is 6.85. The topological polar surface area (TPSA) is 30.0 Å². The second kappa shape index (κ2) is 13.7. The molecule has 0 unspecified atom stereocenters. The lowest BCUT2D eigenvalue weighted by molar-refractivity contribution is -0.438. The Morgan fingerprint density at radius 1 is 0.805 bits per heavy atom. The molecule has 3 nitrogen and oxygen atoms in total. The zero-order valence-electron chi connectivity index (χ0n) is 26.6. The van der Waals surface area contributed by atoms with Gasteiger partial charge in [0.05, 0.1) is 17.0 Å². The van der Waals surface area contributed by atoms with E-state index in [1.807, 2.05) is 6.07 Å². The SMILES string of the molecule is CCCCCCCN1C(=CC=CC2=[N+](CCCCCCC)c3ccccc3C2(C)C)C(C)(C)c2cc(C#N)ccc21. The van der Waals surface area contributed by atoms with Crippen LogP contribution in [0.1, 0.15) is 122 Å². The average molecular weight is 551 g/mol. The van der Waals surface area contributed by atoms with Gasteiger partial charge in [0.2, 0.25) is 5.69 Å². The summed E-state index contributed by atoms with van der Waals surface area (Å²) in [6.45, 7) is 16.0. The van der Waals surface area contributed by atoms with Crippen LogP contribution in [0, 0.1) is 11.3 Å². The molecule has 218 valence electrons. The first kappa shape index (κ1) is 30.8. The van der Waals surface area contributed by atoms with E-state index in [2.05, 4.69) is 112 Å². The molecule has 0 saturated heterocycles. The van der Waals surface area contributed by atoms with Crippen LogP contribution >= 0.6 is 0 Å². The maximum atomic E-state index is 9.61. The van der Waals surface area contributed by atoms with Crippen molar-refractivity contribution >= 4 is 17.1 Å². The van der Waals surface area contributed by atoms with Crippen LogP contribution in [0.2, 0.25) is 0 Å². The van der Waals surface area contributed by atoms with Gasteiger partial charge in [-0.15, -0.1) is 0 Å². The van der Waals surface area contributed by atoms with Gasteiger partial charge >= 0.3 is 0 Å². The number of nitrogens with zero attached hydrogens (tertiary/aromatic N) is 3. The second-order valence-corrected chi connectivity index (χ2v) is 13.0. The molecule has 0 aromatic heterocycles. The van der Waals surface area contributed by atoms with Crippen molar-refractivity contribution < 1.29 is 4.58 Å². The van der Waals surface area contributed by atoms with Crippen molar-refractivity contribution in [3.8, 4) is 6.07 Å². The van der Waals surface area contributed by atoms with E-state index in [0.717, 1.165) is 18.7 Å². The molecule has 0 spiro atoms. The average Bonchev–Trinajstić information content (AvgIpc) is 3.31. The molecule has 2 aromatic carbocycles. The van der Waals surface area contributed by atoms with Crippen molar-refractivity contribution in [3.63, 3.8) is 0 Å². The van der Waals surface area contributed by atoms with Gasteiger partial charge in [0, 0.05) is 47.5 Å². The first-order valence-corrected chi connectivity index (χ1v) is 16.2. The van der Waals surface area contributed by atoms with E-state index in [-0.39, 0.29) is 10.8 Å². The van der Waals surface area contributed by atoms with Crippen molar-refractivity contribution in [1.29, 1.82) is 5.26 Å². The maximum absolute atomic E-state index is 9.61. The molecule has 0 bridgehead atoms. The summed E-state index contributed by atoms with van der Waals surface area (Å²) in [6, 6.07) is 17.6. The summed E-state index contributed by atoms with van der Waals surface area (Å²) in [4.78, 5) is 2.53. The number of unbranched alkanes of at least 4 members (excludes halogenated alkanes) is 8. The lowest BCUT2D eigenvalue weighted by Gasteiger charge is -2.27. The summed E-state index contributed by atoms with van der Waals surface area (Å²) in [5.41, 5.74) is 8.58. The molecule has 0 amide bonds. The minimum absolute atomic E-state index is 0.0379. The van der Waals surface area contributed by atoms with Crippen LogP contribution in [0.3, 0.4) is 0 Å². The molecular formula is C38H52N3+. The van der Waals surface area contributed by atoms with Crippen molar-refractivity contribution in [1.82, 2.24) is 0 Å². The molecule has 0 radical (unpaired) electrons. The Hall–Kier alpha value is -3.12. The fourth-order valence-corrected chi connectivity index (χ4v) is 6.85. The number of hydrogen-bond acceptors (Lipinski definition) is 2. The molecule has 2 heterocycles. The molecule has 2 aliphatic rings. The fraction of sp³-hybridized carbons (Fsp3) is 0.526. The normalized spacial score (nSPS) is 17.9. The minimum Gasteiger partial charge on any atom is -0.344 e. The molecule has 0 N–H and O–H groups in total. The van der Waals surface area contributed by atoms with Crippen molar-refractivity contribution in [2.45, 2.75) is 117 Å². The predicted octanol–water partition coefficient (Wildman–Crippen LogP) is 10.1. The third-order valence-electron chi connectivity index (χ3n) is 9.30. The first-order valence-electron chi connectivity index (χ1n) is 16.2. The first-order chi connectivity index (χ1) is 19.8. The summed E-state index contributed by atoms with van der Waals surface area (Å²) < 4.78 is 2.58.